The number of nitrogens with zero attached hydrogens (tertiary/aromatic N) is 3. The number of aromatic nitrogens is 2. The molecule has 1 aliphatic rings. The molecule has 28 heavy (non-hydrogen) atoms. The second kappa shape index (κ2) is 8.17. The lowest BCUT2D eigenvalue weighted by atomic mass is 9.81. The average Bonchev–Trinajstić information content (AvgIpc) is 2.96. The lowest BCUT2D eigenvalue weighted by molar-refractivity contribution is -0.145. The summed E-state index contributed by atoms with van der Waals surface area (Å²) in [5.41, 5.74) is 5.24. The third-order valence-corrected chi connectivity index (χ3v) is 5.98. The number of aliphatic carboxylic acids is 1. The average molecular weight is 383 g/mol. The van der Waals surface area contributed by atoms with Crippen molar-refractivity contribution in [1.82, 2.24) is 14.7 Å². The molecular weight excluding hydrogens is 354 g/mol. The Morgan fingerprint density at radius 2 is 1.71 bits per heavy atom. The highest BCUT2D eigenvalue weighted by Crippen LogP contribution is 2.30. The Bertz CT molecular complexity index is 879. The molecule has 0 bridgehead atoms. The summed E-state index contributed by atoms with van der Waals surface area (Å²) in [6, 6.07) is 8.13. The summed E-state index contributed by atoms with van der Waals surface area (Å²) >= 11 is 0. The van der Waals surface area contributed by atoms with E-state index in [1.54, 1.807) is 4.90 Å². The zero-order valence-electron chi connectivity index (χ0n) is 17.1. The van der Waals surface area contributed by atoms with Crippen molar-refractivity contribution in [1.29, 1.82) is 0 Å². The molecule has 0 saturated heterocycles. The van der Waals surface area contributed by atoms with Crippen LogP contribution >= 0.6 is 0 Å². The van der Waals surface area contributed by atoms with E-state index >= 15 is 0 Å². The largest absolute Gasteiger partial charge is 0.481 e. The summed E-state index contributed by atoms with van der Waals surface area (Å²) in [4.78, 5) is 25.8. The molecule has 1 aromatic carbocycles. The standard InChI is InChI=1S/C22H29N3O3/c1-14-7-5-6-8-20(14)25-16(3)19(15(2)23-25)13-24(4)21(26)17-9-11-18(12-10-17)22(27)28/h5-8,17-18H,9-13H2,1-4H3,(H,27,28). The lowest BCUT2D eigenvalue weighted by Crippen LogP contribution is -2.35. The van der Waals surface area contributed by atoms with Crippen molar-refractivity contribution in [2.75, 3.05) is 7.05 Å². The van der Waals surface area contributed by atoms with Gasteiger partial charge in [0, 0.05) is 30.8 Å². The predicted octanol–water partition coefficient (Wildman–Crippen LogP) is 3.65. The normalized spacial score (nSPS) is 19.4. The van der Waals surface area contributed by atoms with Gasteiger partial charge in [-0.2, -0.15) is 5.10 Å². The van der Waals surface area contributed by atoms with Gasteiger partial charge in [0.2, 0.25) is 5.91 Å². The van der Waals surface area contributed by atoms with Crippen LogP contribution in [0.25, 0.3) is 5.69 Å². The molecule has 0 spiro atoms. The summed E-state index contributed by atoms with van der Waals surface area (Å²) in [6.45, 7) is 6.60. The van der Waals surface area contributed by atoms with Crippen LogP contribution in [0.15, 0.2) is 24.3 Å². The minimum Gasteiger partial charge on any atom is -0.481 e. The summed E-state index contributed by atoms with van der Waals surface area (Å²) in [7, 11) is 1.83. The van der Waals surface area contributed by atoms with Crippen LogP contribution < -0.4 is 0 Å². The number of benzene rings is 1. The first-order chi connectivity index (χ1) is 13.3. The molecule has 1 saturated carbocycles. The molecule has 6 heteroatoms. The molecule has 6 nitrogen and oxygen atoms in total. The Morgan fingerprint density at radius 1 is 1.11 bits per heavy atom. The van der Waals surface area contributed by atoms with Crippen LogP contribution in [0.2, 0.25) is 0 Å². The number of rotatable bonds is 5. The molecule has 1 heterocycles. The number of para-hydroxylation sites is 1. The number of carbonyl (C=O) groups is 2. The maximum Gasteiger partial charge on any atom is 0.306 e. The van der Waals surface area contributed by atoms with Gasteiger partial charge in [-0.3, -0.25) is 9.59 Å². The van der Waals surface area contributed by atoms with E-state index in [0.29, 0.717) is 32.2 Å². The van der Waals surface area contributed by atoms with Crippen LogP contribution in [-0.2, 0) is 16.1 Å². The molecule has 150 valence electrons. The van der Waals surface area contributed by atoms with Crippen molar-refractivity contribution in [2.24, 2.45) is 11.8 Å². The van der Waals surface area contributed by atoms with Gasteiger partial charge in [-0.15, -0.1) is 0 Å². The molecular formula is C22H29N3O3. The van der Waals surface area contributed by atoms with Gasteiger partial charge >= 0.3 is 5.97 Å². The second-order valence-corrected chi connectivity index (χ2v) is 7.93. The Hall–Kier alpha value is -2.63. The van der Waals surface area contributed by atoms with Crippen molar-refractivity contribution in [3.63, 3.8) is 0 Å². The van der Waals surface area contributed by atoms with Crippen molar-refractivity contribution >= 4 is 11.9 Å². The number of hydrogen-bond acceptors (Lipinski definition) is 3. The SMILES string of the molecule is Cc1ccccc1-n1nc(C)c(CN(C)C(=O)C2CCC(C(=O)O)CC2)c1C. The molecule has 2 aromatic rings. The van der Waals surface area contributed by atoms with E-state index in [2.05, 4.69) is 13.0 Å². The first-order valence-corrected chi connectivity index (χ1v) is 9.88. The topological polar surface area (TPSA) is 75.4 Å². The van der Waals surface area contributed by atoms with Gasteiger partial charge in [0.1, 0.15) is 0 Å². The van der Waals surface area contributed by atoms with E-state index in [9.17, 15) is 9.59 Å². The minimum absolute atomic E-state index is 0.0763. The highest BCUT2D eigenvalue weighted by molar-refractivity contribution is 5.79. The van der Waals surface area contributed by atoms with Crippen LogP contribution in [0.5, 0.6) is 0 Å². The van der Waals surface area contributed by atoms with Gasteiger partial charge in [0.25, 0.3) is 0 Å². The Kier molecular flexibility index (Phi) is 5.87. The van der Waals surface area contributed by atoms with E-state index < -0.39 is 5.97 Å². The van der Waals surface area contributed by atoms with Crippen LogP contribution in [-0.4, -0.2) is 38.7 Å². The van der Waals surface area contributed by atoms with Crippen molar-refractivity contribution in [3.8, 4) is 5.69 Å². The van der Waals surface area contributed by atoms with Crippen molar-refractivity contribution in [3.05, 3.63) is 46.8 Å². The van der Waals surface area contributed by atoms with Crippen LogP contribution in [0.1, 0.15) is 48.2 Å². The first-order valence-electron chi connectivity index (χ1n) is 9.88. The summed E-state index contributed by atoms with van der Waals surface area (Å²) in [5, 5.41) is 13.8. The van der Waals surface area contributed by atoms with E-state index in [1.165, 1.54) is 0 Å². The Morgan fingerprint density at radius 3 is 2.32 bits per heavy atom. The Balaban J connectivity index is 1.73. The van der Waals surface area contributed by atoms with Gasteiger partial charge in [-0.1, -0.05) is 18.2 Å². The van der Waals surface area contributed by atoms with E-state index in [-0.39, 0.29) is 17.7 Å². The highest BCUT2D eigenvalue weighted by Gasteiger charge is 2.31. The number of carboxylic acids is 1. The fraction of sp³-hybridized carbons (Fsp3) is 0.500. The zero-order chi connectivity index (χ0) is 20.4. The van der Waals surface area contributed by atoms with Crippen LogP contribution in [0.3, 0.4) is 0 Å². The molecule has 3 rings (SSSR count). The second-order valence-electron chi connectivity index (χ2n) is 7.93. The highest BCUT2D eigenvalue weighted by atomic mass is 16.4. The molecule has 0 radical (unpaired) electrons. The molecule has 1 N–H and O–H groups in total. The molecule has 0 aliphatic heterocycles. The van der Waals surface area contributed by atoms with E-state index in [4.69, 9.17) is 10.2 Å². The minimum atomic E-state index is -0.742. The third-order valence-electron chi connectivity index (χ3n) is 5.98. The number of carboxylic acid groups (broad SMARTS) is 1. The van der Waals surface area contributed by atoms with E-state index in [1.807, 2.05) is 43.8 Å². The zero-order valence-corrected chi connectivity index (χ0v) is 17.1. The van der Waals surface area contributed by atoms with Crippen LogP contribution in [0, 0.1) is 32.6 Å². The fourth-order valence-corrected chi connectivity index (χ4v) is 4.15. The summed E-state index contributed by atoms with van der Waals surface area (Å²) in [6.07, 6.45) is 2.48. The monoisotopic (exact) mass is 383 g/mol. The van der Waals surface area contributed by atoms with Gasteiger partial charge in [0.05, 0.1) is 17.3 Å². The fourth-order valence-electron chi connectivity index (χ4n) is 4.15. The quantitative estimate of drug-likeness (QED) is 0.855. The number of hydrogen-bond donors (Lipinski definition) is 1. The van der Waals surface area contributed by atoms with Crippen molar-refractivity contribution < 1.29 is 14.7 Å². The predicted molar refractivity (Wildman–Crippen MR) is 107 cm³/mol. The first kappa shape index (κ1) is 20.1. The maximum absolute atomic E-state index is 12.9. The number of amides is 1. The third kappa shape index (κ3) is 3.96. The summed E-state index contributed by atoms with van der Waals surface area (Å²) in [5.74, 6) is -1.01. The number of carbonyl (C=O) groups excluding carboxylic acids is 1. The number of aryl methyl sites for hydroxylation is 2. The molecule has 0 unspecified atom stereocenters. The smallest absolute Gasteiger partial charge is 0.306 e. The molecule has 1 fully saturated rings. The van der Waals surface area contributed by atoms with E-state index in [0.717, 1.165) is 28.2 Å². The lowest BCUT2D eigenvalue weighted by Gasteiger charge is -2.29. The van der Waals surface area contributed by atoms with Gasteiger partial charge in [-0.25, -0.2) is 4.68 Å². The Labute approximate surface area is 166 Å². The van der Waals surface area contributed by atoms with Crippen molar-refractivity contribution in [2.45, 2.75) is 53.0 Å². The molecule has 1 amide bonds. The van der Waals surface area contributed by atoms with Gasteiger partial charge in [-0.05, 0) is 58.1 Å². The molecule has 0 atom stereocenters. The van der Waals surface area contributed by atoms with Gasteiger partial charge < -0.3 is 10.0 Å². The maximum atomic E-state index is 12.9. The van der Waals surface area contributed by atoms with Gasteiger partial charge in [0.15, 0.2) is 0 Å². The molecule has 1 aromatic heterocycles. The molecule has 1 aliphatic carbocycles. The van der Waals surface area contributed by atoms with Crippen LogP contribution in [0.4, 0.5) is 0 Å². The summed E-state index contributed by atoms with van der Waals surface area (Å²) < 4.78 is 1.95.